The number of nitrogens with zero attached hydrogens (tertiary/aromatic N) is 1. The minimum atomic E-state index is -0.500. The number of H-pyrrole nitrogens is 1. The van der Waals surface area contributed by atoms with Crippen molar-refractivity contribution in [3.8, 4) is 11.1 Å². The van der Waals surface area contributed by atoms with Gasteiger partial charge < -0.3 is 10.6 Å². The molecule has 2 aromatic carbocycles. The van der Waals surface area contributed by atoms with Crippen molar-refractivity contribution in [2.75, 3.05) is 11.9 Å². The SMILES string of the molecule is N=C(C(=O)NCc1cccc(F)c1)c1ccc(-c2cn[nH]c2)cc1NCC1CC1. The van der Waals surface area contributed by atoms with Gasteiger partial charge >= 0.3 is 0 Å². The number of benzene rings is 2. The average molecular weight is 391 g/mol. The molecule has 0 aliphatic heterocycles. The molecule has 0 saturated heterocycles. The van der Waals surface area contributed by atoms with Crippen molar-refractivity contribution in [2.45, 2.75) is 19.4 Å². The maximum Gasteiger partial charge on any atom is 0.270 e. The van der Waals surface area contributed by atoms with Gasteiger partial charge in [-0.15, -0.1) is 0 Å². The maximum atomic E-state index is 13.3. The molecule has 1 amide bonds. The lowest BCUT2D eigenvalue weighted by Gasteiger charge is -2.14. The molecule has 0 spiro atoms. The predicted octanol–water partition coefficient (Wildman–Crippen LogP) is 3.72. The number of anilines is 1. The Morgan fingerprint density at radius 1 is 1.21 bits per heavy atom. The van der Waals surface area contributed by atoms with E-state index in [1.54, 1.807) is 30.6 Å². The Labute approximate surface area is 168 Å². The van der Waals surface area contributed by atoms with E-state index in [2.05, 4.69) is 20.8 Å². The van der Waals surface area contributed by atoms with Crippen LogP contribution in [0, 0.1) is 17.1 Å². The first kappa shape index (κ1) is 18.9. The van der Waals surface area contributed by atoms with Crippen LogP contribution in [0.15, 0.2) is 54.9 Å². The van der Waals surface area contributed by atoms with E-state index >= 15 is 0 Å². The van der Waals surface area contributed by atoms with Gasteiger partial charge in [-0.3, -0.25) is 15.3 Å². The van der Waals surface area contributed by atoms with Gasteiger partial charge in [-0.25, -0.2) is 4.39 Å². The van der Waals surface area contributed by atoms with Crippen molar-refractivity contribution in [1.29, 1.82) is 5.41 Å². The Hall–Kier alpha value is -3.48. The van der Waals surface area contributed by atoms with Crippen molar-refractivity contribution in [1.82, 2.24) is 15.5 Å². The van der Waals surface area contributed by atoms with Gasteiger partial charge in [0.2, 0.25) is 0 Å². The summed E-state index contributed by atoms with van der Waals surface area (Å²) in [6, 6.07) is 11.6. The topological polar surface area (TPSA) is 93.7 Å². The second kappa shape index (κ2) is 8.26. The normalized spacial score (nSPS) is 13.1. The predicted molar refractivity (Wildman–Crippen MR) is 110 cm³/mol. The smallest absolute Gasteiger partial charge is 0.270 e. The lowest BCUT2D eigenvalue weighted by molar-refractivity contribution is -0.114. The highest BCUT2D eigenvalue weighted by Gasteiger charge is 2.22. The van der Waals surface area contributed by atoms with Crippen LogP contribution in [0.2, 0.25) is 0 Å². The van der Waals surface area contributed by atoms with Gasteiger partial charge in [0.25, 0.3) is 5.91 Å². The maximum absolute atomic E-state index is 13.3. The van der Waals surface area contributed by atoms with Gasteiger partial charge in [-0.1, -0.05) is 18.2 Å². The molecule has 0 atom stereocenters. The molecule has 1 fully saturated rings. The molecule has 6 nitrogen and oxygen atoms in total. The standard InChI is InChI=1S/C22H22FN5O/c23-18-3-1-2-15(8-18)11-26-22(29)21(24)19-7-6-16(17-12-27-28-13-17)9-20(19)25-10-14-4-5-14/h1-3,6-9,12-14,24-25H,4-5,10-11H2,(H,26,29)(H,27,28). The van der Waals surface area contributed by atoms with Gasteiger partial charge in [0, 0.05) is 36.1 Å². The van der Waals surface area contributed by atoms with Crippen LogP contribution in [0.25, 0.3) is 11.1 Å². The summed E-state index contributed by atoms with van der Waals surface area (Å²) in [5.74, 6) is -0.204. The molecule has 148 valence electrons. The van der Waals surface area contributed by atoms with E-state index in [-0.39, 0.29) is 18.1 Å². The number of halogens is 1. The zero-order valence-corrected chi connectivity index (χ0v) is 15.8. The van der Waals surface area contributed by atoms with E-state index in [0.29, 0.717) is 17.0 Å². The van der Waals surface area contributed by atoms with E-state index < -0.39 is 5.91 Å². The molecule has 0 unspecified atom stereocenters. The summed E-state index contributed by atoms with van der Waals surface area (Å²) in [6.45, 7) is 0.983. The number of aromatic nitrogens is 2. The van der Waals surface area contributed by atoms with E-state index in [9.17, 15) is 9.18 Å². The third-order valence-electron chi connectivity index (χ3n) is 4.97. The van der Waals surface area contributed by atoms with Crippen molar-refractivity contribution in [2.24, 2.45) is 5.92 Å². The Balaban J connectivity index is 1.51. The molecule has 29 heavy (non-hydrogen) atoms. The van der Waals surface area contributed by atoms with Crippen LogP contribution in [-0.2, 0) is 11.3 Å². The summed E-state index contributed by atoms with van der Waals surface area (Å²) in [5.41, 5.74) is 3.70. The van der Waals surface area contributed by atoms with Gasteiger partial charge in [-0.2, -0.15) is 5.10 Å². The molecule has 4 rings (SSSR count). The Kier molecular flexibility index (Phi) is 5.37. The summed E-state index contributed by atoms with van der Waals surface area (Å²) in [7, 11) is 0. The highest BCUT2D eigenvalue weighted by Crippen LogP contribution is 2.31. The molecule has 1 aromatic heterocycles. The molecule has 4 N–H and O–H groups in total. The number of carbonyl (C=O) groups is 1. The fourth-order valence-corrected chi connectivity index (χ4v) is 3.11. The van der Waals surface area contributed by atoms with Gasteiger partial charge in [0.1, 0.15) is 11.5 Å². The fraction of sp³-hybridized carbons (Fsp3) is 0.227. The molecule has 1 aliphatic rings. The summed E-state index contributed by atoms with van der Waals surface area (Å²) in [6.07, 6.45) is 5.94. The zero-order chi connectivity index (χ0) is 20.2. The number of nitrogens with one attached hydrogen (secondary N) is 4. The lowest BCUT2D eigenvalue weighted by atomic mass is 10.0. The second-order valence-corrected chi connectivity index (χ2v) is 7.26. The first-order valence-electron chi connectivity index (χ1n) is 9.59. The summed E-state index contributed by atoms with van der Waals surface area (Å²) in [5, 5.41) is 21.3. The van der Waals surface area contributed by atoms with E-state index in [4.69, 9.17) is 5.41 Å². The zero-order valence-electron chi connectivity index (χ0n) is 15.8. The third-order valence-corrected chi connectivity index (χ3v) is 4.97. The first-order valence-corrected chi connectivity index (χ1v) is 9.59. The largest absolute Gasteiger partial charge is 0.384 e. The number of rotatable bonds is 8. The van der Waals surface area contributed by atoms with Crippen LogP contribution >= 0.6 is 0 Å². The summed E-state index contributed by atoms with van der Waals surface area (Å²) in [4.78, 5) is 12.5. The Morgan fingerprint density at radius 2 is 2.07 bits per heavy atom. The molecule has 0 radical (unpaired) electrons. The van der Waals surface area contributed by atoms with E-state index in [1.807, 2.05) is 12.1 Å². The number of hydrogen-bond donors (Lipinski definition) is 4. The molecule has 1 aliphatic carbocycles. The van der Waals surface area contributed by atoms with E-state index in [1.165, 1.54) is 25.0 Å². The van der Waals surface area contributed by atoms with Gasteiger partial charge in [0.15, 0.2) is 0 Å². The minimum absolute atomic E-state index is 0.126. The van der Waals surface area contributed by atoms with Gasteiger partial charge in [0.05, 0.1) is 6.20 Å². The third kappa shape index (κ3) is 4.68. The van der Waals surface area contributed by atoms with E-state index in [0.717, 1.165) is 23.4 Å². The van der Waals surface area contributed by atoms with Crippen LogP contribution < -0.4 is 10.6 Å². The lowest BCUT2D eigenvalue weighted by Crippen LogP contribution is -2.31. The summed E-state index contributed by atoms with van der Waals surface area (Å²) >= 11 is 0. The van der Waals surface area contributed by atoms with Crippen molar-refractivity contribution >= 4 is 17.3 Å². The molecule has 1 heterocycles. The Bertz CT molecular complexity index is 1030. The van der Waals surface area contributed by atoms with Crippen LogP contribution in [0.1, 0.15) is 24.0 Å². The molecule has 7 heteroatoms. The van der Waals surface area contributed by atoms with Gasteiger partial charge in [-0.05, 0) is 54.2 Å². The Morgan fingerprint density at radius 3 is 2.79 bits per heavy atom. The van der Waals surface area contributed by atoms with Crippen molar-refractivity contribution in [3.63, 3.8) is 0 Å². The molecular weight excluding hydrogens is 369 g/mol. The van der Waals surface area contributed by atoms with Crippen LogP contribution in [0.5, 0.6) is 0 Å². The first-order chi connectivity index (χ1) is 14.1. The molecule has 3 aromatic rings. The number of carbonyl (C=O) groups excluding carboxylic acids is 1. The number of hydrogen-bond acceptors (Lipinski definition) is 4. The average Bonchev–Trinajstić information content (AvgIpc) is 3.40. The molecule has 0 bridgehead atoms. The molecular formula is C22H22FN5O. The van der Waals surface area contributed by atoms with Crippen molar-refractivity contribution in [3.05, 3.63) is 71.8 Å². The highest BCUT2D eigenvalue weighted by molar-refractivity contribution is 6.45. The molecule has 1 saturated carbocycles. The van der Waals surface area contributed by atoms with Crippen LogP contribution in [0.4, 0.5) is 10.1 Å². The summed E-state index contributed by atoms with van der Waals surface area (Å²) < 4.78 is 13.3. The van der Waals surface area contributed by atoms with Crippen LogP contribution in [-0.4, -0.2) is 28.4 Å². The quantitative estimate of drug-likeness (QED) is 0.441. The fourth-order valence-electron chi connectivity index (χ4n) is 3.11. The van der Waals surface area contributed by atoms with Crippen molar-refractivity contribution < 1.29 is 9.18 Å². The van der Waals surface area contributed by atoms with Crippen LogP contribution in [0.3, 0.4) is 0 Å². The highest BCUT2D eigenvalue weighted by atomic mass is 19.1. The minimum Gasteiger partial charge on any atom is -0.384 e. The monoisotopic (exact) mass is 391 g/mol. The second-order valence-electron chi connectivity index (χ2n) is 7.26. The number of amides is 1. The number of aromatic amines is 1.